The number of nitrogens with zero attached hydrogens (tertiary/aromatic N) is 1. The molecule has 0 N–H and O–H groups in total. The van der Waals surface area contributed by atoms with Crippen molar-refractivity contribution in [3.8, 4) is 0 Å². The van der Waals surface area contributed by atoms with Gasteiger partial charge in [0.15, 0.2) is 0 Å². The van der Waals surface area contributed by atoms with Crippen molar-refractivity contribution >= 4 is 26.7 Å². The van der Waals surface area contributed by atoms with Crippen molar-refractivity contribution in [2.75, 3.05) is 0 Å². The van der Waals surface area contributed by atoms with Gasteiger partial charge in [0.2, 0.25) is 0 Å². The van der Waals surface area contributed by atoms with Crippen molar-refractivity contribution < 1.29 is 13.2 Å². The summed E-state index contributed by atoms with van der Waals surface area (Å²) in [5, 5.41) is 1.19. The van der Waals surface area contributed by atoms with E-state index in [-0.39, 0.29) is 0 Å². The summed E-state index contributed by atoms with van der Waals surface area (Å²) in [6, 6.07) is 5.13. The van der Waals surface area contributed by atoms with Gasteiger partial charge in [-0.25, -0.2) is 4.98 Å². The van der Waals surface area contributed by atoms with Crippen LogP contribution in [0.4, 0.5) is 13.2 Å². The topological polar surface area (TPSA) is 12.9 Å². The van der Waals surface area contributed by atoms with Crippen molar-refractivity contribution in [1.29, 1.82) is 0 Å². The maximum atomic E-state index is 12.4. The van der Waals surface area contributed by atoms with Gasteiger partial charge in [-0.3, -0.25) is 0 Å². The first kappa shape index (κ1) is 10.4. The molecule has 1 aromatic heterocycles. The van der Waals surface area contributed by atoms with E-state index in [0.29, 0.717) is 15.4 Å². The van der Waals surface area contributed by atoms with Crippen LogP contribution in [0.15, 0.2) is 35.1 Å². The highest BCUT2D eigenvalue weighted by Gasteiger charge is 2.30. The van der Waals surface area contributed by atoms with E-state index < -0.39 is 11.7 Å². The number of aromatic nitrogens is 1. The summed E-state index contributed by atoms with van der Waals surface area (Å²) in [4.78, 5) is 3.93. The fraction of sp³-hybridized carbons (Fsp3) is 0.100. The first-order chi connectivity index (χ1) is 6.98. The number of hydrogen-bond donors (Lipinski definition) is 0. The van der Waals surface area contributed by atoms with Crippen LogP contribution in [0, 0.1) is 0 Å². The molecule has 0 bridgehead atoms. The van der Waals surface area contributed by atoms with Gasteiger partial charge in [-0.2, -0.15) is 13.2 Å². The third-order valence-corrected chi connectivity index (χ3v) is 2.68. The van der Waals surface area contributed by atoms with Crippen LogP contribution in [-0.2, 0) is 6.18 Å². The van der Waals surface area contributed by atoms with E-state index in [4.69, 9.17) is 0 Å². The van der Waals surface area contributed by atoms with Gasteiger partial charge in [0, 0.05) is 11.6 Å². The smallest absolute Gasteiger partial charge is 0.249 e. The first-order valence-electron chi connectivity index (χ1n) is 4.10. The highest BCUT2D eigenvalue weighted by molar-refractivity contribution is 9.10. The van der Waals surface area contributed by atoms with E-state index in [9.17, 15) is 13.2 Å². The Morgan fingerprint density at radius 3 is 2.53 bits per heavy atom. The zero-order chi connectivity index (χ0) is 11.1. The average Bonchev–Trinajstić information content (AvgIpc) is 2.16. The van der Waals surface area contributed by atoms with Crippen LogP contribution in [0.3, 0.4) is 0 Å². The third kappa shape index (κ3) is 1.97. The van der Waals surface area contributed by atoms with Crippen LogP contribution in [0.2, 0.25) is 0 Å². The minimum absolute atomic E-state index is 0.520. The summed E-state index contributed by atoms with van der Waals surface area (Å²) in [6.45, 7) is 0. The number of halogens is 4. The predicted octanol–water partition coefficient (Wildman–Crippen LogP) is 4.02. The first-order valence-corrected chi connectivity index (χ1v) is 4.89. The number of rotatable bonds is 0. The normalized spacial score (nSPS) is 12.0. The van der Waals surface area contributed by atoms with E-state index in [2.05, 4.69) is 20.9 Å². The summed E-state index contributed by atoms with van der Waals surface area (Å²) in [7, 11) is 0. The monoisotopic (exact) mass is 275 g/mol. The van der Waals surface area contributed by atoms with Gasteiger partial charge in [0.05, 0.1) is 5.56 Å². The second kappa shape index (κ2) is 3.48. The standard InChI is InChI=1S/C10H5BrF3N/c11-9-8-2-1-7(10(12,13)14)5-6(8)3-4-15-9/h1-5H. The fourth-order valence-electron chi connectivity index (χ4n) is 1.32. The zero-order valence-corrected chi connectivity index (χ0v) is 8.93. The van der Waals surface area contributed by atoms with Crippen LogP contribution in [0.5, 0.6) is 0 Å². The summed E-state index contributed by atoms with van der Waals surface area (Å²) in [6.07, 6.45) is -2.84. The van der Waals surface area contributed by atoms with Crippen LogP contribution in [0.25, 0.3) is 10.8 Å². The van der Waals surface area contributed by atoms with E-state index in [0.717, 1.165) is 12.1 Å². The number of alkyl halides is 3. The van der Waals surface area contributed by atoms with Crippen molar-refractivity contribution in [1.82, 2.24) is 4.98 Å². The molecule has 0 spiro atoms. The number of fused-ring (bicyclic) bond motifs is 1. The van der Waals surface area contributed by atoms with Crippen molar-refractivity contribution in [2.24, 2.45) is 0 Å². The molecule has 0 amide bonds. The molecule has 0 aliphatic heterocycles. The lowest BCUT2D eigenvalue weighted by Crippen LogP contribution is -2.04. The Balaban J connectivity index is 2.68. The van der Waals surface area contributed by atoms with Gasteiger partial charge in [-0.1, -0.05) is 6.07 Å². The van der Waals surface area contributed by atoms with Gasteiger partial charge < -0.3 is 0 Å². The predicted molar refractivity (Wildman–Crippen MR) is 54.4 cm³/mol. The Labute approximate surface area is 92.1 Å². The third-order valence-electron chi connectivity index (χ3n) is 2.04. The Bertz CT molecular complexity index is 507. The minimum atomic E-state index is -4.30. The lowest BCUT2D eigenvalue weighted by atomic mass is 10.1. The lowest BCUT2D eigenvalue weighted by molar-refractivity contribution is -0.137. The Kier molecular flexibility index (Phi) is 2.42. The van der Waals surface area contributed by atoms with Crippen LogP contribution in [0.1, 0.15) is 5.56 Å². The highest BCUT2D eigenvalue weighted by atomic mass is 79.9. The molecule has 0 saturated heterocycles. The molecule has 1 aromatic carbocycles. The second-order valence-electron chi connectivity index (χ2n) is 3.04. The van der Waals surface area contributed by atoms with Gasteiger partial charge in [0.1, 0.15) is 4.60 Å². The summed E-state index contributed by atoms with van der Waals surface area (Å²) >= 11 is 3.18. The fourth-order valence-corrected chi connectivity index (χ4v) is 1.80. The Morgan fingerprint density at radius 2 is 1.87 bits per heavy atom. The molecule has 78 valence electrons. The largest absolute Gasteiger partial charge is 0.416 e. The van der Waals surface area contributed by atoms with E-state index in [1.807, 2.05) is 0 Å². The van der Waals surface area contributed by atoms with Crippen molar-refractivity contribution in [3.63, 3.8) is 0 Å². The molecule has 0 radical (unpaired) electrons. The Morgan fingerprint density at radius 1 is 1.13 bits per heavy atom. The molecule has 0 aliphatic carbocycles. The van der Waals surface area contributed by atoms with E-state index in [1.165, 1.54) is 12.3 Å². The van der Waals surface area contributed by atoms with Crippen molar-refractivity contribution in [3.05, 3.63) is 40.6 Å². The molecule has 0 saturated carbocycles. The van der Waals surface area contributed by atoms with Crippen molar-refractivity contribution in [2.45, 2.75) is 6.18 Å². The maximum Gasteiger partial charge on any atom is 0.416 e. The highest BCUT2D eigenvalue weighted by Crippen LogP contribution is 2.32. The summed E-state index contributed by atoms with van der Waals surface area (Å²) < 4.78 is 37.7. The molecule has 0 aliphatic rings. The molecule has 0 atom stereocenters. The number of pyridine rings is 1. The molecule has 0 unspecified atom stereocenters. The molecule has 0 fully saturated rings. The van der Waals surface area contributed by atoms with Gasteiger partial charge >= 0.3 is 6.18 Å². The molecule has 1 nitrogen and oxygen atoms in total. The van der Waals surface area contributed by atoms with Gasteiger partial charge in [-0.05, 0) is 39.5 Å². The van der Waals surface area contributed by atoms with Crippen LogP contribution in [-0.4, -0.2) is 4.98 Å². The SMILES string of the molecule is FC(F)(F)c1ccc2c(Br)nccc2c1. The second-order valence-corrected chi connectivity index (χ2v) is 3.79. The maximum absolute atomic E-state index is 12.4. The lowest BCUT2D eigenvalue weighted by Gasteiger charge is -2.07. The van der Waals surface area contributed by atoms with Gasteiger partial charge in [0.25, 0.3) is 0 Å². The Hall–Kier alpha value is -1.10. The molecule has 1 heterocycles. The quantitative estimate of drug-likeness (QED) is 0.662. The van der Waals surface area contributed by atoms with Crippen LogP contribution < -0.4 is 0 Å². The molecule has 2 rings (SSSR count). The van der Waals surface area contributed by atoms with E-state index >= 15 is 0 Å². The molecule has 5 heteroatoms. The minimum Gasteiger partial charge on any atom is -0.249 e. The molecule has 2 aromatic rings. The zero-order valence-electron chi connectivity index (χ0n) is 7.35. The summed E-state index contributed by atoms with van der Waals surface area (Å²) in [5.41, 5.74) is -0.645. The number of hydrogen-bond acceptors (Lipinski definition) is 1. The van der Waals surface area contributed by atoms with Gasteiger partial charge in [-0.15, -0.1) is 0 Å². The summed E-state index contributed by atoms with van der Waals surface area (Å²) in [5.74, 6) is 0. The molecular formula is C10H5BrF3N. The average molecular weight is 276 g/mol. The van der Waals surface area contributed by atoms with Crippen LogP contribution >= 0.6 is 15.9 Å². The number of benzene rings is 1. The molecular weight excluding hydrogens is 271 g/mol. The van der Waals surface area contributed by atoms with E-state index in [1.54, 1.807) is 6.07 Å². The molecule has 15 heavy (non-hydrogen) atoms.